The van der Waals surface area contributed by atoms with Crippen LogP contribution >= 0.6 is 0 Å². The number of nitrogens with zero attached hydrogens (tertiary/aromatic N) is 1. The number of benzene rings is 2. The highest BCUT2D eigenvalue weighted by molar-refractivity contribution is 6.09. The lowest BCUT2D eigenvalue weighted by Gasteiger charge is -2.27. The molecule has 1 aromatic heterocycles. The summed E-state index contributed by atoms with van der Waals surface area (Å²) in [6, 6.07) is 18.2. The smallest absolute Gasteiger partial charge is 0.271 e. The van der Waals surface area contributed by atoms with Crippen LogP contribution in [0.25, 0.3) is 22.0 Å². The van der Waals surface area contributed by atoms with Gasteiger partial charge in [-0.25, -0.2) is 0 Å². The number of hydrogen-bond acceptors (Lipinski definition) is 2. The maximum absolute atomic E-state index is 13.0. The van der Waals surface area contributed by atoms with E-state index in [-0.39, 0.29) is 5.91 Å². The van der Waals surface area contributed by atoms with Gasteiger partial charge in [0.1, 0.15) is 5.69 Å². The Kier molecular flexibility index (Phi) is 3.60. The Hall–Kier alpha value is -2.59. The average Bonchev–Trinajstić information content (AvgIpc) is 3.02. The minimum absolute atomic E-state index is 0.0848. The van der Waals surface area contributed by atoms with Crippen molar-refractivity contribution in [3.63, 3.8) is 0 Å². The number of fused-ring (bicyclic) bond motifs is 1. The molecule has 0 spiro atoms. The van der Waals surface area contributed by atoms with E-state index >= 15 is 0 Å². The van der Waals surface area contributed by atoms with Crippen LogP contribution in [0.3, 0.4) is 0 Å². The molecule has 0 atom stereocenters. The zero-order valence-corrected chi connectivity index (χ0v) is 12.9. The molecule has 23 heavy (non-hydrogen) atoms. The van der Waals surface area contributed by atoms with Gasteiger partial charge in [0.15, 0.2) is 0 Å². The van der Waals surface area contributed by atoms with Crippen LogP contribution in [0, 0.1) is 0 Å². The van der Waals surface area contributed by atoms with E-state index in [4.69, 9.17) is 0 Å². The van der Waals surface area contributed by atoms with Gasteiger partial charge in [0.25, 0.3) is 5.91 Å². The van der Waals surface area contributed by atoms with Crippen molar-refractivity contribution in [2.75, 3.05) is 26.2 Å². The Labute approximate surface area is 135 Å². The fourth-order valence-corrected chi connectivity index (χ4v) is 3.23. The SMILES string of the molecule is O=C(c1[nH]c2ccccc2c1-c1ccccc1)N1CCNCC1. The van der Waals surface area contributed by atoms with Crippen molar-refractivity contribution in [1.82, 2.24) is 15.2 Å². The van der Waals surface area contributed by atoms with Gasteiger partial charge in [0.05, 0.1) is 0 Å². The molecule has 1 fully saturated rings. The summed E-state index contributed by atoms with van der Waals surface area (Å²) < 4.78 is 0. The Morgan fingerprint density at radius 3 is 2.39 bits per heavy atom. The van der Waals surface area contributed by atoms with Crippen LogP contribution in [0.4, 0.5) is 0 Å². The van der Waals surface area contributed by atoms with Gasteiger partial charge in [0.2, 0.25) is 0 Å². The largest absolute Gasteiger partial charge is 0.350 e. The molecule has 4 rings (SSSR count). The summed E-state index contributed by atoms with van der Waals surface area (Å²) in [4.78, 5) is 18.3. The van der Waals surface area contributed by atoms with Gasteiger partial charge in [-0.05, 0) is 11.6 Å². The summed E-state index contributed by atoms with van der Waals surface area (Å²) in [7, 11) is 0. The maximum atomic E-state index is 13.0. The molecule has 0 radical (unpaired) electrons. The molecule has 0 bridgehead atoms. The molecule has 1 amide bonds. The van der Waals surface area contributed by atoms with Crippen molar-refractivity contribution in [2.45, 2.75) is 0 Å². The number of hydrogen-bond donors (Lipinski definition) is 2. The third-order valence-electron chi connectivity index (χ3n) is 4.39. The van der Waals surface area contributed by atoms with Crippen LogP contribution in [0.15, 0.2) is 54.6 Å². The van der Waals surface area contributed by atoms with E-state index in [9.17, 15) is 4.79 Å². The molecule has 3 aromatic rings. The van der Waals surface area contributed by atoms with Gasteiger partial charge >= 0.3 is 0 Å². The Bertz CT molecular complexity index is 832. The van der Waals surface area contributed by atoms with E-state index in [1.807, 2.05) is 41.3 Å². The van der Waals surface area contributed by atoms with Gasteiger partial charge in [-0.15, -0.1) is 0 Å². The lowest BCUT2D eigenvalue weighted by molar-refractivity contribution is 0.0731. The highest BCUT2D eigenvalue weighted by Crippen LogP contribution is 2.33. The van der Waals surface area contributed by atoms with Crippen molar-refractivity contribution < 1.29 is 4.79 Å². The van der Waals surface area contributed by atoms with Crippen molar-refractivity contribution >= 4 is 16.8 Å². The third kappa shape index (κ3) is 2.51. The molecule has 2 aromatic carbocycles. The zero-order chi connectivity index (χ0) is 15.6. The number of carbonyl (C=O) groups excluding carboxylic acids is 1. The second-order valence-electron chi connectivity index (χ2n) is 5.83. The molecular formula is C19H19N3O. The number of H-pyrrole nitrogens is 1. The molecule has 1 aliphatic rings. The molecule has 0 aliphatic carbocycles. The summed E-state index contributed by atoms with van der Waals surface area (Å²) in [6.45, 7) is 3.21. The van der Waals surface area contributed by atoms with Crippen LogP contribution in [-0.4, -0.2) is 42.0 Å². The number of aromatic amines is 1. The first-order valence-electron chi connectivity index (χ1n) is 8.01. The first-order valence-corrected chi connectivity index (χ1v) is 8.01. The van der Waals surface area contributed by atoms with E-state index < -0.39 is 0 Å². The lowest BCUT2D eigenvalue weighted by Crippen LogP contribution is -2.46. The number of nitrogens with one attached hydrogen (secondary N) is 2. The van der Waals surface area contributed by atoms with Crippen molar-refractivity contribution in [3.8, 4) is 11.1 Å². The summed E-state index contributed by atoms with van der Waals surface area (Å²) in [5, 5.41) is 4.38. The van der Waals surface area contributed by atoms with Crippen LogP contribution in [-0.2, 0) is 0 Å². The normalized spacial score (nSPS) is 15.0. The number of amides is 1. The highest BCUT2D eigenvalue weighted by Gasteiger charge is 2.24. The Morgan fingerprint density at radius 2 is 1.61 bits per heavy atom. The van der Waals surface area contributed by atoms with Gasteiger partial charge in [-0.1, -0.05) is 48.5 Å². The van der Waals surface area contributed by atoms with Crippen LogP contribution < -0.4 is 5.32 Å². The Morgan fingerprint density at radius 1 is 0.913 bits per heavy atom. The first kappa shape index (κ1) is 14.0. The Balaban J connectivity index is 1.87. The molecule has 0 saturated carbocycles. The van der Waals surface area contributed by atoms with E-state index in [0.717, 1.165) is 48.2 Å². The summed E-state index contributed by atoms with van der Waals surface area (Å²) >= 11 is 0. The molecule has 0 unspecified atom stereocenters. The van der Waals surface area contributed by atoms with Gasteiger partial charge in [0, 0.05) is 42.6 Å². The second-order valence-corrected chi connectivity index (χ2v) is 5.83. The summed E-state index contributed by atoms with van der Waals surface area (Å²) in [6.07, 6.45) is 0. The minimum atomic E-state index is 0.0848. The van der Waals surface area contributed by atoms with E-state index in [1.165, 1.54) is 0 Å². The van der Waals surface area contributed by atoms with Crippen molar-refractivity contribution in [2.24, 2.45) is 0 Å². The summed E-state index contributed by atoms with van der Waals surface area (Å²) in [5.41, 5.74) is 3.78. The third-order valence-corrected chi connectivity index (χ3v) is 4.39. The quantitative estimate of drug-likeness (QED) is 0.765. The lowest BCUT2D eigenvalue weighted by atomic mass is 10.0. The molecule has 2 N–H and O–H groups in total. The van der Waals surface area contributed by atoms with Crippen LogP contribution in [0.2, 0.25) is 0 Å². The van der Waals surface area contributed by atoms with Gasteiger partial charge in [-0.3, -0.25) is 4.79 Å². The number of aromatic nitrogens is 1. The van der Waals surface area contributed by atoms with E-state index in [2.05, 4.69) is 28.5 Å². The minimum Gasteiger partial charge on any atom is -0.350 e. The first-order chi connectivity index (χ1) is 11.3. The monoisotopic (exact) mass is 305 g/mol. The maximum Gasteiger partial charge on any atom is 0.271 e. The van der Waals surface area contributed by atoms with Crippen molar-refractivity contribution in [3.05, 3.63) is 60.3 Å². The molecule has 1 aliphatic heterocycles. The molecule has 116 valence electrons. The predicted octanol–water partition coefficient (Wildman–Crippen LogP) is 2.88. The van der Waals surface area contributed by atoms with E-state index in [0.29, 0.717) is 5.69 Å². The molecule has 4 heteroatoms. The molecule has 2 heterocycles. The zero-order valence-electron chi connectivity index (χ0n) is 12.9. The topological polar surface area (TPSA) is 48.1 Å². The average molecular weight is 305 g/mol. The molecule has 1 saturated heterocycles. The number of piperazine rings is 1. The number of para-hydroxylation sites is 1. The number of carbonyl (C=O) groups is 1. The number of rotatable bonds is 2. The fourth-order valence-electron chi connectivity index (χ4n) is 3.23. The highest BCUT2D eigenvalue weighted by atomic mass is 16.2. The fraction of sp³-hybridized carbons (Fsp3) is 0.211. The molecule has 4 nitrogen and oxygen atoms in total. The second kappa shape index (κ2) is 5.89. The van der Waals surface area contributed by atoms with Gasteiger partial charge < -0.3 is 15.2 Å². The standard InChI is InChI=1S/C19H19N3O/c23-19(22-12-10-20-11-13-22)18-17(14-6-2-1-3-7-14)15-8-4-5-9-16(15)21-18/h1-9,20-21H,10-13H2. The summed E-state index contributed by atoms with van der Waals surface area (Å²) in [5.74, 6) is 0.0848. The van der Waals surface area contributed by atoms with Crippen LogP contribution in [0.5, 0.6) is 0 Å². The van der Waals surface area contributed by atoms with Crippen LogP contribution in [0.1, 0.15) is 10.5 Å². The van der Waals surface area contributed by atoms with E-state index in [1.54, 1.807) is 0 Å². The predicted molar refractivity (Wildman–Crippen MR) is 92.5 cm³/mol. The molecular weight excluding hydrogens is 286 g/mol. The van der Waals surface area contributed by atoms with Gasteiger partial charge in [-0.2, -0.15) is 0 Å². The van der Waals surface area contributed by atoms with Crippen molar-refractivity contribution in [1.29, 1.82) is 0 Å².